The number of carbonyl (C=O) groups excluding carboxylic acids is 2. The topological polar surface area (TPSA) is 108 Å². The minimum Gasteiger partial charge on any atom is -0.364 e. The second-order valence-electron chi connectivity index (χ2n) is 6.67. The highest BCUT2D eigenvalue weighted by atomic mass is 16.2. The van der Waals surface area contributed by atoms with E-state index in [0.29, 0.717) is 38.5 Å². The lowest BCUT2D eigenvalue weighted by Crippen LogP contribution is -2.52. The minimum atomic E-state index is -0.587. The molecule has 144 valence electrons. The van der Waals surface area contributed by atoms with Crippen LogP contribution in [0.4, 0.5) is 10.7 Å². The van der Waals surface area contributed by atoms with Gasteiger partial charge in [-0.3, -0.25) is 4.79 Å². The Kier molecular flexibility index (Phi) is 4.88. The minimum absolute atomic E-state index is 0.0673. The third-order valence-electron chi connectivity index (χ3n) is 4.94. The van der Waals surface area contributed by atoms with Gasteiger partial charge in [-0.05, 0) is 11.6 Å². The summed E-state index contributed by atoms with van der Waals surface area (Å²) in [5, 5.41) is 5.87. The van der Waals surface area contributed by atoms with Crippen molar-refractivity contribution < 1.29 is 9.59 Å². The third kappa shape index (κ3) is 3.51. The number of amides is 3. The Morgan fingerprint density at radius 1 is 1.04 bits per heavy atom. The molecule has 1 aromatic carbocycles. The van der Waals surface area contributed by atoms with E-state index in [4.69, 9.17) is 5.73 Å². The number of aromatic nitrogens is 2. The summed E-state index contributed by atoms with van der Waals surface area (Å²) in [4.78, 5) is 36.5. The van der Waals surface area contributed by atoms with Gasteiger partial charge in [0.25, 0.3) is 5.91 Å². The van der Waals surface area contributed by atoms with Gasteiger partial charge in [-0.2, -0.15) is 5.10 Å². The Hall–Kier alpha value is -3.49. The molecule has 1 atom stereocenters. The lowest BCUT2D eigenvalue weighted by molar-refractivity contribution is 0.0995. The fourth-order valence-corrected chi connectivity index (χ4v) is 3.43. The van der Waals surface area contributed by atoms with Gasteiger partial charge in [0, 0.05) is 45.0 Å². The first-order valence-electron chi connectivity index (χ1n) is 9.17. The Morgan fingerprint density at radius 2 is 1.79 bits per heavy atom. The van der Waals surface area contributed by atoms with Gasteiger partial charge in [0.1, 0.15) is 5.69 Å². The Balaban J connectivity index is 1.41. The highest BCUT2D eigenvalue weighted by molar-refractivity contribution is 5.90. The van der Waals surface area contributed by atoms with E-state index in [0.717, 1.165) is 5.56 Å². The van der Waals surface area contributed by atoms with Crippen LogP contribution in [0.3, 0.4) is 0 Å². The van der Waals surface area contributed by atoms with Gasteiger partial charge < -0.3 is 15.5 Å². The molecule has 1 fully saturated rings. The average molecular weight is 379 g/mol. The first-order chi connectivity index (χ1) is 13.6. The number of anilines is 1. The molecule has 0 aliphatic carbocycles. The molecule has 1 aromatic heterocycles. The van der Waals surface area contributed by atoms with Crippen molar-refractivity contribution in [3.05, 3.63) is 53.9 Å². The highest BCUT2D eigenvalue weighted by Gasteiger charge is 2.33. The highest BCUT2D eigenvalue weighted by Crippen LogP contribution is 2.29. The molecule has 28 heavy (non-hydrogen) atoms. The van der Waals surface area contributed by atoms with E-state index in [9.17, 15) is 9.59 Å². The van der Waals surface area contributed by atoms with Crippen LogP contribution in [0, 0.1) is 0 Å². The number of hydrogen-bond acceptors (Lipinski definition) is 6. The van der Waals surface area contributed by atoms with Crippen molar-refractivity contribution in [2.24, 2.45) is 10.8 Å². The summed E-state index contributed by atoms with van der Waals surface area (Å²) in [6.07, 6.45) is 4.02. The molecule has 9 heteroatoms. The number of nitrogens with two attached hydrogens (primary N) is 1. The number of carbonyl (C=O) groups is 2. The molecule has 2 aliphatic rings. The lowest BCUT2D eigenvalue weighted by Gasteiger charge is -2.37. The van der Waals surface area contributed by atoms with Crippen molar-refractivity contribution >= 4 is 24.1 Å². The molecular formula is C19H21N7O2. The fraction of sp³-hybridized carbons (Fsp3) is 0.316. The zero-order valence-electron chi connectivity index (χ0n) is 15.3. The Labute approximate surface area is 162 Å². The summed E-state index contributed by atoms with van der Waals surface area (Å²) >= 11 is 0. The van der Waals surface area contributed by atoms with Crippen molar-refractivity contribution in [3.8, 4) is 0 Å². The number of nitrogens with zero attached hydrogens (tertiary/aromatic N) is 6. The van der Waals surface area contributed by atoms with E-state index in [-0.39, 0.29) is 17.8 Å². The molecule has 2 aliphatic heterocycles. The summed E-state index contributed by atoms with van der Waals surface area (Å²) in [7, 11) is 0. The zero-order chi connectivity index (χ0) is 19.5. The second kappa shape index (κ2) is 7.63. The predicted molar refractivity (Wildman–Crippen MR) is 104 cm³/mol. The summed E-state index contributed by atoms with van der Waals surface area (Å²) in [5.41, 5.74) is 6.54. The molecule has 4 rings (SSSR count). The summed E-state index contributed by atoms with van der Waals surface area (Å²) in [5.74, 6) is -0.138. The van der Waals surface area contributed by atoms with Crippen LogP contribution in [-0.2, 0) is 0 Å². The van der Waals surface area contributed by atoms with Gasteiger partial charge in [-0.1, -0.05) is 30.3 Å². The Bertz CT molecular complexity index is 894. The number of primary amides is 1. The first-order valence-corrected chi connectivity index (χ1v) is 9.17. The number of hydrazone groups is 1. The molecular weight excluding hydrogens is 358 g/mol. The molecule has 3 amide bonds. The van der Waals surface area contributed by atoms with E-state index in [1.165, 1.54) is 12.3 Å². The van der Waals surface area contributed by atoms with Crippen molar-refractivity contribution in [2.45, 2.75) is 12.5 Å². The largest absolute Gasteiger partial charge is 0.364 e. The average Bonchev–Trinajstić information content (AvgIpc) is 3.24. The van der Waals surface area contributed by atoms with E-state index in [2.05, 4.69) is 15.1 Å². The standard InChI is InChI=1S/C19H21N7O2/c20-17(27)15-6-8-21-18(23-15)24-10-12-25(13-11-24)19(28)26-16(7-9-22-26)14-4-2-1-3-5-14/h1-6,8-9,16H,7,10-13H2,(H2,20,27). The van der Waals surface area contributed by atoms with Crippen molar-refractivity contribution in [1.29, 1.82) is 0 Å². The maximum atomic E-state index is 13.0. The molecule has 9 nitrogen and oxygen atoms in total. The van der Waals surface area contributed by atoms with Gasteiger partial charge in [-0.15, -0.1) is 0 Å². The van der Waals surface area contributed by atoms with Crippen molar-refractivity contribution in [1.82, 2.24) is 19.9 Å². The predicted octanol–water partition coefficient (Wildman–Crippen LogP) is 1.25. The van der Waals surface area contributed by atoms with Crippen LogP contribution in [0.5, 0.6) is 0 Å². The number of benzene rings is 1. The van der Waals surface area contributed by atoms with Crippen molar-refractivity contribution in [3.63, 3.8) is 0 Å². The third-order valence-corrected chi connectivity index (χ3v) is 4.94. The molecule has 0 radical (unpaired) electrons. The number of piperazine rings is 1. The van der Waals surface area contributed by atoms with Crippen LogP contribution >= 0.6 is 0 Å². The van der Waals surface area contributed by atoms with Gasteiger partial charge in [0.2, 0.25) is 5.95 Å². The molecule has 0 bridgehead atoms. The van der Waals surface area contributed by atoms with E-state index < -0.39 is 5.91 Å². The van der Waals surface area contributed by atoms with E-state index in [1.54, 1.807) is 16.1 Å². The summed E-state index contributed by atoms with van der Waals surface area (Å²) in [6, 6.07) is 11.2. The van der Waals surface area contributed by atoms with Crippen LogP contribution in [0.2, 0.25) is 0 Å². The van der Waals surface area contributed by atoms with Gasteiger partial charge in [-0.25, -0.2) is 19.8 Å². The number of urea groups is 1. The zero-order valence-corrected chi connectivity index (χ0v) is 15.3. The van der Waals surface area contributed by atoms with Crippen molar-refractivity contribution in [2.75, 3.05) is 31.1 Å². The second-order valence-corrected chi connectivity index (χ2v) is 6.67. The maximum Gasteiger partial charge on any atom is 0.341 e. The first kappa shape index (κ1) is 17.9. The van der Waals surface area contributed by atoms with Gasteiger partial charge in [0.05, 0.1) is 6.04 Å². The quantitative estimate of drug-likeness (QED) is 0.863. The molecule has 1 unspecified atom stereocenters. The molecule has 2 aromatic rings. The van der Waals surface area contributed by atoms with Crippen LogP contribution in [0.15, 0.2) is 47.7 Å². The van der Waals surface area contributed by atoms with Gasteiger partial charge in [0.15, 0.2) is 0 Å². The molecule has 1 saturated heterocycles. The molecule has 3 heterocycles. The Morgan fingerprint density at radius 3 is 2.50 bits per heavy atom. The molecule has 2 N–H and O–H groups in total. The molecule has 0 saturated carbocycles. The van der Waals surface area contributed by atoms with Crippen LogP contribution in [0.1, 0.15) is 28.5 Å². The van der Waals surface area contributed by atoms with E-state index in [1.807, 2.05) is 35.2 Å². The van der Waals surface area contributed by atoms with Gasteiger partial charge >= 0.3 is 6.03 Å². The van der Waals surface area contributed by atoms with Crippen LogP contribution in [-0.4, -0.2) is 64.2 Å². The maximum absolute atomic E-state index is 13.0. The lowest BCUT2D eigenvalue weighted by atomic mass is 10.1. The number of rotatable bonds is 3. The fourth-order valence-electron chi connectivity index (χ4n) is 3.43. The summed E-state index contributed by atoms with van der Waals surface area (Å²) in [6.45, 7) is 2.19. The van der Waals surface area contributed by atoms with E-state index >= 15 is 0 Å². The smallest absolute Gasteiger partial charge is 0.341 e. The molecule has 0 spiro atoms. The van der Waals surface area contributed by atoms with Crippen LogP contribution in [0.25, 0.3) is 0 Å². The van der Waals surface area contributed by atoms with Crippen LogP contribution < -0.4 is 10.6 Å². The SMILES string of the molecule is NC(=O)c1ccnc(N2CCN(C(=O)N3N=CCC3c3ccccc3)CC2)n1. The normalized spacial score (nSPS) is 19.1. The summed E-state index contributed by atoms with van der Waals surface area (Å²) < 4.78 is 0. The number of hydrogen-bond donors (Lipinski definition) is 1. The monoisotopic (exact) mass is 379 g/mol.